The van der Waals surface area contributed by atoms with Gasteiger partial charge in [-0.05, 0) is 32.4 Å². The molecule has 1 aliphatic rings. The molecule has 0 fully saturated rings. The molecule has 0 aliphatic carbocycles. The minimum atomic E-state index is -0.536. The minimum Gasteiger partial charge on any atom is -0.426 e. The Bertz CT molecular complexity index is 503. The zero-order chi connectivity index (χ0) is 13.3. The lowest BCUT2D eigenvalue weighted by Crippen LogP contribution is -2.28. The molecular weight excluding hydrogens is 232 g/mol. The normalized spacial score (nSPS) is 14.1. The van der Waals surface area contributed by atoms with Crippen LogP contribution in [-0.2, 0) is 16.0 Å². The summed E-state index contributed by atoms with van der Waals surface area (Å²) in [5.41, 5.74) is 0.120. The Labute approximate surface area is 106 Å². The van der Waals surface area contributed by atoms with E-state index in [-0.39, 0.29) is 18.4 Å². The van der Waals surface area contributed by atoms with Crippen LogP contribution in [0.25, 0.3) is 0 Å². The number of carbonyl (C=O) groups excluding carboxylic acids is 2. The van der Waals surface area contributed by atoms with E-state index in [1.54, 1.807) is 18.2 Å². The lowest BCUT2D eigenvalue weighted by molar-refractivity contribution is -0.144. The summed E-state index contributed by atoms with van der Waals surface area (Å²) in [4.78, 5) is 23.2. The summed E-state index contributed by atoms with van der Waals surface area (Å²) in [5, 5.41) is 0. The summed E-state index contributed by atoms with van der Waals surface area (Å²) in [5.74, 6) is 0.297. The van der Waals surface area contributed by atoms with Gasteiger partial charge >= 0.3 is 11.9 Å². The van der Waals surface area contributed by atoms with Gasteiger partial charge in [0.25, 0.3) is 0 Å². The molecule has 0 N–H and O–H groups in total. The van der Waals surface area contributed by atoms with Crippen molar-refractivity contribution in [2.45, 2.75) is 33.6 Å². The predicted molar refractivity (Wildman–Crippen MR) is 65.5 cm³/mol. The fraction of sp³-hybridized carbons (Fsp3) is 0.429. The third kappa shape index (κ3) is 2.23. The third-order valence-corrected chi connectivity index (χ3v) is 3.27. The molecule has 1 aromatic rings. The summed E-state index contributed by atoms with van der Waals surface area (Å²) >= 11 is 0. The predicted octanol–water partition coefficient (Wildman–Crippen LogP) is 2.49. The maximum atomic E-state index is 12.0. The van der Waals surface area contributed by atoms with Crippen molar-refractivity contribution in [3.63, 3.8) is 0 Å². The minimum absolute atomic E-state index is 0.158. The van der Waals surface area contributed by atoms with Crippen LogP contribution < -0.4 is 9.47 Å². The lowest BCUT2D eigenvalue weighted by Gasteiger charge is -2.20. The Balaban J connectivity index is 2.24. The number of fused-ring (bicyclic) bond motifs is 1. The zero-order valence-corrected chi connectivity index (χ0v) is 10.8. The second kappa shape index (κ2) is 4.44. The highest BCUT2D eigenvalue weighted by atomic mass is 16.6. The van der Waals surface area contributed by atoms with Gasteiger partial charge in [-0.2, -0.15) is 0 Å². The number of rotatable bonds is 3. The van der Waals surface area contributed by atoms with Crippen LogP contribution in [0.15, 0.2) is 18.2 Å². The van der Waals surface area contributed by atoms with Crippen molar-refractivity contribution in [3.05, 3.63) is 23.8 Å². The number of hydrogen-bond acceptors (Lipinski definition) is 4. The monoisotopic (exact) mass is 248 g/mol. The molecule has 4 heteroatoms. The number of ether oxygens (including phenoxy) is 2. The van der Waals surface area contributed by atoms with E-state index < -0.39 is 5.41 Å². The van der Waals surface area contributed by atoms with Crippen LogP contribution >= 0.6 is 0 Å². The van der Waals surface area contributed by atoms with E-state index in [2.05, 4.69) is 0 Å². The molecule has 4 nitrogen and oxygen atoms in total. The Kier molecular flexibility index (Phi) is 3.11. The van der Waals surface area contributed by atoms with Gasteiger partial charge in [0.05, 0.1) is 11.8 Å². The van der Waals surface area contributed by atoms with Gasteiger partial charge < -0.3 is 9.47 Å². The maximum absolute atomic E-state index is 12.0. The fourth-order valence-electron chi connectivity index (χ4n) is 1.60. The highest BCUT2D eigenvalue weighted by Gasteiger charge is 2.30. The Morgan fingerprint density at radius 2 is 2.17 bits per heavy atom. The van der Waals surface area contributed by atoms with Crippen LogP contribution in [0, 0.1) is 5.41 Å². The second-order valence-corrected chi connectivity index (χ2v) is 5.01. The third-order valence-electron chi connectivity index (χ3n) is 3.27. The van der Waals surface area contributed by atoms with Crippen LogP contribution in [0.3, 0.4) is 0 Å². The van der Waals surface area contributed by atoms with Gasteiger partial charge in [0.1, 0.15) is 11.5 Å². The zero-order valence-electron chi connectivity index (χ0n) is 10.8. The molecule has 0 atom stereocenters. The molecule has 0 bridgehead atoms. The highest BCUT2D eigenvalue weighted by molar-refractivity contribution is 5.84. The summed E-state index contributed by atoms with van der Waals surface area (Å²) in [7, 11) is 0. The molecule has 0 spiro atoms. The van der Waals surface area contributed by atoms with Gasteiger partial charge in [-0.3, -0.25) is 9.59 Å². The Morgan fingerprint density at radius 1 is 1.44 bits per heavy atom. The fourth-order valence-corrected chi connectivity index (χ4v) is 1.60. The van der Waals surface area contributed by atoms with Crippen molar-refractivity contribution in [1.82, 2.24) is 0 Å². The van der Waals surface area contributed by atoms with Crippen LogP contribution in [-0.4, -0.2) is 11.9 Å². The van der Waals surface area contributed by atoms with E-state index in [1.807, 2.05) is 20.8 Å². The van der Waals surface area contributed by atoms with Gasteiger partial charge in [-0.15, -0.1) is 0 Å². The first kappa shape index (κ1) is 12.6. The first-order chi connectivity index (χ1) is 8.44. The number of benzene rings is 1. The van der Waals surface area contributed by atoms with E-state index in [1.165, 1.54) is 0 Å². The van der Waals surface area contributed by atoms with Gasteiger partial charge in [0, 0.05) is 5.56 Å². The topological polar surface area (TPSA) is 52.6 Å². The van der Waals surface area contributed by atoms with E-state index in [0.717, 1.165) is 0 Å². The van der Waals surface area contributed by atoms with Crippen LogP contribution in [0.1, 0.15) is 32.8 Å². The van der Waals surface area contributed by atoms with Crippen molar-refractivity contribution < 1.29 is 19.1 Å². The molecular formula is C14H16O4. The number of hydrogen-bond donors (Lipinski definition) is 0. The van der Waals surface area contributed by atoms with Crippen LogP contribution in [0.4, 0.5) is 0 Å². The standard InChI is InChI=1S/C14H16O4/c1-4-14(2,3)13(16)18-11-7-5-6-10-9(11)8-12(15)17-10/h5-7H,4,8H2,1-3H3. The van der Waals surface area contributed by atoms with Crippen molar-refractivity contribution in [1.29, 1.82) is 0 Å². The van der Waals surface area contributed by atoms with Crippen LogP contribution in [0.5, 0.6) is 11.5 Å². The smallest absolute Gasteiger partial charge is 0.316 e. The van der Waals surface area contributed by atoms with Gasteiger partial charge in [0.15, 0.2) is 0 Å². The summed E-state index contributed by atoms with van der Waals surface area (Å²) < 4.78 is 10.4. The molecule has 0 unspecified atom stereocenters. The summed E-state index contributed by atoms with van der Waals surface area (Å²) in [6, 6.07) is 5.09. The Hall–Kier alpha value is -1.84. The molecule has 0 amide bonds. The molecule has 0 aromatic heterocycles. The molecule has 1 aliphatic heterocycles. The molecule has 2 rings (SSSR count). The lowest BCUT2D eigenvalue weighted by atomic mass is 9.90. The van der Waals surface area contributed by atoms with Crippen molar-refractivity contribution in [2.24, 2.45) is 5.41 Å². The van der Waals surface area contributed by atoms with Gasteiger partial charge in [-0.1, -0.05) is 13.0 Å². The van der Waals surface area contributed by atoms with Gasteiger partial charge in [-0.25, -0.2) is 0 Å². The second-order valence-electron chi connectivity index (χ2n) is 5.01. The molecule has 18 heavy (non-hydrogen) atoms. The van der Waals surface area contributed by atoms with E-state index in [0.29, 0.717) is 23.5 Å². The van der Waals surface area contributed by atoms with Crippen molar-refractivity contribution in [3.8, 4) is 11.5 Å². The average molecular weight is 248 g/mol. The van der Waals surface area contributed by atoms with Crippen molar-refractivity contribution in [2.75, 3.05) is 0 Å². The average Bonchev–Trinajstić information content (AvgIpc) is 2.70. The first-order valence-electron chi connectivity index (χ1n) is 5.99. The molecule has 0 saturated carbocycles. The number of esters is 2. The molecule has 0 radical (unpaired) electrons. The molecule has 1 heterocycles. The van der Waals surface area contributed by atoms with Gasteiger partial charge in [0.2, 0.25) is 0 Å². The maximum Gasteiger partial charge on any atom is 0.316 e. The Morgan fingerprint density at radius 3 is 2.83 bits per heavy atom. The first-order valence-corrected chi connectivity index (χ1v) is 5.99. The van der Waals surface area contributed by atoms with E-state index in [9.17, 15) is 9.59 Å². The molecule has 96 valence electrons. The summed E-state index contributed by atoms with van der Waals surface area (Å²) in [6.07, 6.45) is 0.849. The molecule has 1 aromatic carbocycles. The largest absolute Gasteiger partial charge is 0.426 e. The van der Waals surface area contributed by atoms with E-state index >= 15 is 0 Å². The quantitative estimate of drug-likeness (QED) is 0.609. The number of carbonyl (C=O) groups is 2. The molecule has 0 saturated heterocycles. The highest BCUT2D eigenvalue weighted by Crippen LogP contribution is 2.35. The summed E-state index contributed by atoms with van der Waals surface area (Å²) in [6.45, 7) is 5.60. The SMILES string of the molecule is CCC(C)(C)C(=O)Oc1cccc2c1CC(=O)O2. The van der Waals surface area contributed by atoms with Crippen LogP contribution in [0.2, 0.25) is 0 Å². The van der Waals surface area contributed by atoms with Crippen molar-refractivity contribution >= 4 is 11.9 Å². The van der Waals surface area contributed by atoms with E-state index in [4.69, 9.17) is 9.47 Å².